The number of benzene rings is 3. The molecule has 2 heterocycles. The third-order valence-corrected chi connectivity index (χ3v) is 9.81. The van der Waals surface area contributed by atoms with E-state index in [2.05, 4.69) is 0 Å². The van der Waals surface area contributed by atoms with E-state index in [1.54, 1.807) is 31.2 Å². The number of carboxylic acid groups (broad SMARTS) is 1. The third-order valence-electron chi connectivity index (χ3n) is 8.04. The number of amides is 2. The minimum absolute atomic E-state index is 0.0161. The van der Waals surface area contributed by atoms with Gasteiger partial charge in [0.15, 0.2) is 17.5 Å². The van der Waals surface area contributed by atoms with Crippen LogP contribution in [0.2, 0.25) is 0 Å². The van der Waals surface area contributed by atoms with Crippen LogP contribution in [0, 0.1) is 0 Å². The van der Waals surface area contributed by atoms with E-state index in [0.717, 1.165) is 5.56 Å². The number of ether oxygens (including phenoxy) is 4. The lowest BCUT2D eigenvalue weighted by atomic mass is 9.65. The number of methoxy groups -OCH3 is 1. The Morgan fingerprint density at radius 1 is 1.07 bits per heavy atom. The van der Waals surface area contributed by atoms with Crippen molar-refractivity contribution in [2.75, 3.05) is 13.9 Å². The van der Waals surface area contributed by atoms with Gasteiger partial charge in [-0.25, -0.2) is 17.5 Å². The second-order valence-corrected chi connectivity index (χ2v) is 12.6. The highest BCUT2D eigenvalue weighted by Crippen LogP contribution is 2.48. The van der Waals surface area contributed by atoms with Gasteiger partial charge in [-0.3, -0.25) is 9.59 Å². The number of carbonyl (C=O) groups is 3. The number of nitrogens with two attached hydrogens (primary N) is 1. The van der Waals surface area contributed by atoms with Crippen molar-refractivity contribution in [3.63, 3.8) is 0 Å². The Morgan fingerprint density at radius 3 is 2.27 bits per heavy atom. The second-order valence-electron chi connectivity index (χ2n) is 10.8. The molecular formula is C31H32N2O10S. The van der Waals surface area contributed by atoms with Crippen LogP contribution in [0.25, 0.3) is 0 Å². The number of fused-ring (bicyclic) bond motifs is 1. The van der Waals surface area contributed by atoms with E-state index in [1.807, 2.05) is 13.8 Å². The largest absolute Gasteiger partial charge is 0.493 e. The number of carbonyl (C=O) groups excluding carboxylic acids is 2. The minimum atomic E-state index is -4.45. The van der Waals surface area contributed by atoms with E-state index >= 15 is 0 Å². The van der Waals surface area contributed by atoms with Gasteiger partial charge in [0.25, 0.3) is 21.8 Å². The molecular weight excluding hydrogens is 592 g/mol. The Hall–Kier alpha value is -4.78. The molecule has 0 aromatic heterocycles. The van der Waals surface area contributed by atoms with Gasteiger partial charge in [0.1, 0.15) is 11.2 Å². The van der Waals surface area contributed by atoms with Gasteiger partial charge >= 0.3 is 5.97 Å². The lowest BCUT2D eigenvalue weighted by Crippen LogP contribution is -2.75. The van der Waals surface area contributed by atoms with E-state index in [-0.39, 0.29) is 35.3 Å². The fraction of sp³-hybridized carbons (Fsp3) is 0.323. The van der Waals surface area contributed by atoms with Crippen LogP contribution in [0.4, 0.5) is 0 Å². The molecule has 2 amide bonds. The summed E-state index contributed by atoms with van der Waals surface area (Å²) < 4.78 is 49.5. The number of sulfonamides is 1. The van der Waals surface area contributed by atoms with Crippen LogP contribution in [0.1, 0.15) is 55.9 Å². The molecule has 44 heavy (non-hydrogen) atoms. The lowest BCUT2D eigenvalue weighted by molar-refractivity contribution is -0.166. The highest BCUT2D eigenvalue weighted by Gasteiger charge is 2.68. The van der Waals surface area contributed by atoms with E-state index in [1.165, 1.54) is 43.5 Å². The van der Waals surface area contributed by atoms with Crippen LogP contribution in [0.3, 0.4) is 0 Å². The molecule has 13 heteroatoms. The number of β-lactam (4-membered cyclic amide) rings is 1. The number of hydrogen-bond acceptors (Lipinski definition) is 9. The maximum absolute atomic E-state index is 13.7. The van der Waals surface area contributed by atoms with Gasteiger partial charge in [0, 0.05) is 5.56 Å². The summed E-state index contributed by atoms with van der Waals surface area (Å²) in [7, 11) is -3.02. The summed E-state index contributed by atoms with van der Waals surface area (Å²) in [6, 6.07) is 13.3. The number of carboxylic acids is 1. The number of primary amides is 1. The summed E-state index contributed by atoms with van der Waals surface area (Å²) in [6.07, 6.45) is -1.24. The average molecular weight is 625 g/mol. The molecule has 2 aliphatic rings. The zero-order valence-electron chi connectivity index (χ0n) is 24.5. The van der Waals surface area contributed by atoms with Crippen molar-refractivity contribution in [1.82, 2.24) is 4.31 Å². The van der Waals surface area contributed by atoms with Crippen LogP contribution in [-0.2, 0) is 29.8 Å². The zero-order chi connectivity index (χ0) is 32.0. The molecule has 1 saturated heterocycles. The first-order valence-corrected chi connectivity index (χ1v) is 15.3. The highest BCUT2D eigenvalue weighted by molar-refractivity contribution is 7.89. The number of aliphatic carboxylic acids is 1. The first kappa shape index (κ1) is 30.7. The SMILES string of the molecule is CCC1(c2ccc(OC(C(N)=O)c3cc(OC)c4c(c3)OCO4)cc2)C(=O)N(S(=O)(=O)c2ccc(C(C)C)cc2)C1C(=O)O. The topological polar surface area (TPSA) is 172 Å². The maximum Gasteiger partial charge on any atom is 0.329 e. The Bertz CT molecular complexity index is 1720. The fourth-order valence-corrected chi connectivity index (χ4v) is 7.29. The highest BCUT2D eigenvalue weighted by atomic mass is 32.2. The van der Waals surface area contributed by atoms with E-state index < -0.39 is 45.4 Å². The molecule has 3 aromatic rings. The molecule has 232 valence electrons. The van der Waals surface area contributed by atoms with Gasteiger partial charge < -0.3 is 29.8 Å². The molecule has 0 radical (unpaired) electrons. The molecule has 0 spiro atoms. The van der Waals surface area contributed by atoms with E-state index in [9.17, 15) is 27.9 Å². The molecule has 5 rings (SSSR count). The van der Waals surface area contributed by atoms with Crippen LogP contribution in [0.15, 0.2) is 65.6 Å². The number of hydrogen-bond donors (Lipinski definition) is 2. The van der Waals surface area contributed by atoms with E-state index in [4.69, 9.17) is 24.7 Å². The Labute approximate surface area is 254 Å². The summed E-state index contributed by atoms with van der Waals surface area (Å²) >= 11 is 0. The van der Waals surface area contributed by atoms with Crippen LogP contribution in [-0.4, -0.2) is 55.6 Å². The summed E-state index contributed by atoms with van der Waals surface area (Å²) in [5.74, 6) is -1.71. The van der Waals surface area contributed by atoms with Crippen molar-refractivity contribution in [2.24, 2.45) is 5.73 Å². The predicted molar refractivity (Wildman–Crippen MR) is 156 cm³/mol. The Morgan fingerprint density at radius 2 is 1.73 bits per heavy atom. The quantitative estimate of drug-likeness (QED) is 0.301. The van der Waals surface area contributed by atoms with Crippen molar-refractivity contribution in [3.8, 4) is 23.0 Å². The molecule has 3 unspecified atom stereocenters. The van der Waals surface area contributed by atoms with Gasteiger partial charge in [-0.05, 0) is 59.9 Å². The monoisotopic (exact) mass is 624 g/mol. The molecule has 0 bridgehead atoms. The summed E-state index contributed by atoms with van der Waals surface area (Å²) in [6.45, 7) is 5.52. The first-order valence-electron chi connectivity index (χ1n) is 13.8. The minimum Gasteiger partial charge on any atom is -0.493 e. The fourth-order valence-electron chi connectivity index (χ4n) is 5.65. The molecule has 1 fully saturated rings. The number of rotatable bonds is 11. The van der Waals surface area contributed by atoms with Gasteiger partial charge in [-0.1, -0.05) is 45.0 Å². The molecule has 3 aromatic carbocycles. The molecule has 12 nitrogen and oxygen atoms in total. The van der Waals surface area contributed by atoms with Crippen LogP contribution >= 0.6 is 0 Å². The first-order chi connectivity index (χ1) is 20.9. The normalized spacial score (nSPS) is 19.8. The second kappa shape index (κ2) is 11.4. The van der Waals surface area contributed by atoms with Crippen LogP contribution in [0.5, 0.6) is 23.0 Å². The van der Waals surface area contributed by atoms with E-state index in [0.29, 0.717) is 27.1 Å². The maximum atomic E-state index is 13.7. The standard InChI is InChI=1S/C31H32N2O10S/c1-5-31(27(29(35)36)33(30(31)37)44(38,39)22-12-6-18(7-13-22)17(2)3)20-8-10-21(11-9-20)43-25(28(32)34)19-14-23(40-4)26-24(15-19)41-16-42-26/h6-15,17,25,27H,5,16H2,1-4H3,(H2,32,34)(H,35,36). The van der Waals surface area contributed by atoms with Crippen molar-refractivity contribution < 1.29 is 46.9 Å². The van der Waals surface area contributed by atoms with Gasteiger partial charge in [0.2, 0.25) is 18.6 Å². The lowest BCUT2D eigenvalue weighted by Gasteiger charge is -2.52. The average Bonchev–Trinajstić information content (AvgIpc) is 3.47. The predicted octanol–water partition coefficient (Wildman–Crippen LogP) is 3.48. The van der Waals surface area contributed by atoms with Gasteiger partial charge in [-0.2, -0.15) is 0 Å². The molecule has 0 aliphatic carbocycles. The van der Waals surface area contributed by atoms with Crippen molar-refractivity contribution in [2.45, 2.75) is 55.6 Å². The summed E-state index contributed by atoms with van der Waals surface area (Å²) in [5.41, 5.74) is 5.53. The molecule has 2 aliphatic heterocycles. The molecule has 3 atom stereocenters. The molecule has 0 saturated carbocycles. The van der Waals surface area contributed by atoms with Gasteiger partial charge in [0.05, 0.1) is 12.0 Å². The smallest absolute Gasteiger partial charge is 0.329 e. The van der Waals surface area contributed by atoms with Crippen molar-refractivity contribution >= 4 is 27.8 Å². The Kier molecular flexibility index (Phi) is 7.93. The van der Waals surface area contributed by atoms with Gasteiger partial charge in [-0.15, -0.1) is 0 Å². The number of nitrogens with zero attached hydrogens (tertiary/aromatic N) is 1. The Balaban J connectivity index is 1.44. The third kappa shape index (κ3) is 4.86. The summed E-state index contributed by atoms with van der Waals surface area (Å²) in [5, 5.41) is 10.2. The van der Waals surface area contributed by atoms with Crippen molar-refractivity contribution in [1.29, 1.82) is 0 Å². The molecule has 3 N–H and O–H groups in total. The van der Waals surface area contributed by atoms with Crippen molar-refractivity contribution in [3.05, 3.63) is 77.4 Å². The summed E-state index contributed by atoms with van der Waals surface area (Å²) in [4.78, 5) is 38.4. The zero-order valence-corrected chi connectivity index (χ0v) is 25.3. The van der Waals surface area contributed by atoms with Crippen LogP contribution < -0.4 is 24.7 Å².